The lowest BCUT2D eigenvalue weighted by molar-refractivity contribution is 0.163. The van der Waals surface area contributed by atoms with Gasteiger partial charge in [-0.3, -0.25) is 0 Å². The standard InChI is InChI=1S/C11H13Cl3O3S/c1-3-18(16,17)11(2,14)10(15)8-5-4-7(12)6-9(8)13/h4-6,10,15H,3H2,1-2H3/t10-,11+/m0/s1. The molecule has 1 aromatic rings. The average Bonchev–Trinajstić information content (AvgIpc) is 2.28. The van der Waals surface area contributed by atoms with Gasteiger partial charge in [0.05, 0.1) is 0 Å². The zero-order valence-corrected chi connectivity index (χ0v) is 12.9. The molecule has 0 radical (unpaired) electrons. The van der Waals surface area contributed by atoms with E-state index in [-0.39, 0.29) is 16.3 Å². The number of hydrogen-bond acceptors (Lipinski definition) is 3. The molecule has 7 heteroatoms. The van der Waals surface area contributed by atoms with Gasteiger partial charge in [-0.15, -0.1) is 0 Å². The van der Waals surface area contributed by atoms with Gasteiger partial charge in [0, 0.05) is 21.4 Å². The van der Waals surface area contributed by atoms with Crippen LogP contribution in [0.25, 0.3) is 0 Å². The number of aliphatic hydroxyl groups excluding tert-OH is 1. The van der Waals surface area contributed by atoms with Crippen LogP contribution in [0.2, 0.25) is 10.0 Å². The first kappa shape index (κ1) is 16.1. The van der Waals surface area contributed by atoms with Crippen molar-refractivity contribution in [2.45, 2.75) is 24.2 Å². The molecule has 0 saturated carbocycles. The van der Waals surface area contributed by atoms with E-state index in [4.69, 9.17) is 34.8 Å². The first-order valence-corrected chi connectivity index (χ1v) is 7.96. The molecule has 0 heterocycles. The molecular weight excluding hydrogens is 319 g/mol. The van der Waals surface area contributed by atoms with E-state index in [0.717, 1.165) is 0 Å². The summed E-state index contributed by atoms with van der Waals surface area (Å²) in [6.45, 7) is 2.72. The van der Waals surface area contributed by atoms with Crippen LogP contribution < -0.4 is 0 Å². The SMILES string of the molecule is CCS(=O)(=O)[C@@](C)(Cl)[C@@H](O)c1ccc(Cl)cc1Cl. The van der Waals surface area contributed by atoms with E-state index in [1.165, 1.54) is 32.0 Å². The number of halogens is 3. The van der Waals surface area contributed by atoms with Crippen LogP contribution in [-0.2, 0) is 9.84 Å². The monoisotopic (exact) mass is 330 g/mol. The summed E-state index contributed by atoms with van der Waals surface area (Å²) < 4.78 is 21.9. The third-order valence-electron chi connectivity index (χ3n) is 2.73. The second-order valence-electron chi connectivity index (χ2n) is 3.96. The van der Waals surface area contributed by atoms with E-state index in [1.54, 1.807) is 0 Å². The van der Waals surface area contributed by atoms with Crippen LogP contribution in [0.4, 0.5) is 0 Å². The summed E-state index contributed by atoms with van der Waals surface area (Å²) in [4.78, 5) is 0. The summed E-state index contributed by atoms with van der Waals surface area (Å²) in [5.41, 5.74) is 0.232. The van der Waals surface area contributed by atoms with Crippen molar-refractivity contribution in [3.05, 3.63) is 33.8 Å². The van der Waals surface area contributed by atoms with Crippen LogP contribution in [0.15, 0.2) is 18.2 Å². The van der Waals surface area contributed by atoms with E-state index in [2.05, 4.69) is 0 Å². The van der Waals surface area contributed by atoms with Crippen molar-refractivity contribution in [3.63, 3.8) is 0 Å². The van der Waals surface area contributed by atoms with Crippen LogP contribution in [0, 0.1) is 0 Å². The maximum atomic E-state index is 11.9. The Morgan fingerprint density at radius 2 is 1.94 bits per heavy atom. The molecular formula is C11H13Cl3O3S. The molecule has 102 valence electrons. The molecule has 1 aromatic carbocycles. The summed E-state index contributed by atoms with van der Waals surface area (Å²) in [6, 6.07) is 4.39. The van der Waals surface area contributed by atoms with Gasteiger partial charge < -0.3 is 5.11 Å². The molecule has 0 fully saturated rings. The number of rotatable bonds is 4. The molecule has 2 atom stereocenters. The molecule has 0 spiro atoms. The van der Waals surface area contributed by atoms with Crippen molar-refractivity contribution in [1.82, 2.24) is 0 Å². The third kappa shape index (κ3) is 2.94. The van der Waals surface area contributed by atoms with Crippen molar-refractivity contribution in [2.24, 2.45) is 0 Å². The minimum absolute atomic E-state index is 0.171. The van der Waals surface area contributed by atoms with Crippen LogP contribution in [0.5, 0.6) is 0 Å². The first-order valence-electron chi connectivity index (χ1n) is 5.17. The van der Waals surface area contributed by atoms with Gasteiger partial charge in [-0.05, 0) is 19.1 Å². The van der Waals surface area contributed by atoms with Gasteiger partial charge in [0.15, 0.2) is 14.0 Å². The lowest BCUT2D eigenvalue weighted by atomic mass is 10.1. The maximum absolute atomic E-state index is 11.9. The lowest BCUT2D eigenvalue weighted by Gasteiger charge is -2.28. The van der Waals surface area contributed by atoms with Gasteiger partial charge in [-0.2, -0.15) is 0 Å². The van der Waals surface area contributed by atoms with Gasteiger partial charge in [-0.1, -0.05) is 47.8 Å². The summed E-state index contributed by atoms with van der Waals surface area (Å²) in [5.74, 6) is -0.171. The van der Waals surface area contributed by atoms with Gasteiger partial charge in [0.2, 0.25) is 0 Å². The van der Waals surface area contributed by atoms with E-state index >= 15 is 0 Å². The average molecular weight is 332 g/mol. The summed E-state index contributed by atoms with van der Waals surface area (Å²) in [6.07, 6.45) is -1.44. The molecule has 0 unspecified atom stereocenters. The molecule has 0 saturated heterocycles. The zero-order chi connectivity index (χ0) is 14.1. The Balaban J connectivity index is 3.26. The van der Waals surface area contributed by atoms with Gasteiger partial charge in [-0.25, -0.2) is 8.42 Å². The minimum Gasteiger partial charge on any atom is -0.385 e. The smallest absolute Gasteiger partial charge is 0.172 e. The molecule has 3 nitrogen and oxygen atoms in total. The quantitative estimate of drug-likeness (QED) is 0.860. The number of aliphatic hydroxyl groups is 1. The predicted molar refractivity (Wildman–Crippen MR) is 75.1 cm³/mol. The van der Waals surface area contributed by atoms with E-state index < -0.39 is 20.1 Å². The number of benzene rings is 1. The molecule has 0 aliphatic heterocycles. The number of alkyl halides is 1. The highest BCUT2D eigenvalue weighted by Gasteiger charge is 2.44. The second-order valence-corrected chi connectivity index (χ2v) is 8.47. The number of sulfone groups is 1. The van der Waals surface area contributed by atoms with Crippen molar-refractivity contribution in [1.29, 1.82) is 0 Å². The molecule has 0 aromatic heterocycles. The largest absolute Gasteiger partial charge is 0.385 e. The Morgan fingerprint density at radius 1 is 1.39 bits per heavy atom. The maximum Gasteiger partial charge on any atom is 0.172 e. The Hall–Kier alpha value is -0.000000000000000111. The van der Waals surface area contributed by atoms with Crippen LogP contribution in [0.3, 0.4) is 0 Å². The Kier molecular flexibility index (Phi) is 4.95. The van der Waals surface area contributed by atoms with E-state index in [0.29, 0.717) is 5.02 Å². The van der Waals surface area contributed by atoms with Gasteiger partial charge in [0.25, 0.3) is 0 Å². The Labute approximate surface area is 122 Å². The highest BCUT2D eigenvalue weighted by Crippen LogP contribution is 2.40. The predicted octanol–water partition coefficient (Wildman–Crippen LogP) is 3.42. The fourth-order valence-corrected chi connectivity index (χ4v) is 3.44. The molecule has 0 amide bonds. The van der Waals surface area contributed by atoms with Crippen LogP contribution >= 0.6 is 34.8 Å². The van der Waals surface area contributed by atoms with Gasteiger partial charge in [0.1, 0.15) is 6.10 Å². The highest BCUT2D eigenvalue weighted by molar-refractivity contribution is 7.94. The third-order valence-corrected chi connectivity index (χ3v) is 6.41. The lowest BCUT2D eigenvalue weighted by Crippen LogP contribution is -2.37. The number of hydrogen-bond donors (Lipinski definition) is 1. The first-order chi connectivity index (χ1) is 8.13. The molecule has 0 aliphatic carbocycles. The molecule has 0 aliphatic rings. The van der Waals surface area contributed by atoms with Crippen LogP contribution in [0.1, 0.15) is 25.5 Å². The van der Waals surface area contributed by atoms with Crippen LogP contribution in [-0.4, -0.2) is 23.5 Å². The van der Waals surface area contributed by atoms with E-state index in [9.17, 15) is 13.5 Å². The molecule has 1 rings (SSSR count). The summed E-state index contributed by atoms with van der Waals surface area (Å²) in [7, 11) is -3.65. The normalized spacial score (nSPS) is 17.2. The summed E-state index contributed by atoms with van der Waals surface area (Å²) >= 11 is 17.7. The Morgan fingerprint density at radius 3 is 2.39 bits per heavy atom. The summed E-state index contributed by atoms with van der Waals surface area (Å²) in [5, 5.41) is 10.7. The van der Waals surface area contributed by atoms with Crippen molar-refractivity contribution in [2.75, 3.05) is 5.75 Å². The fraction of sp³-hybridized carbons (Fsp3) is 0.455. The van der Waals surface area contributed by atoms with Crippen molar-refractivity contribution in [3.8, 4) is 0 Å². The second kappa shape index (κ2) is 5.55. The Bertz CT molecular complexity index is 540. The van der Waals surface area contributed by atoms with Crippen molar-refractivity contribution >= 4 is 44.6 Å². The van der Waals surface area contributed by atoms with Gasteiger partial charge >= 0.3 is 0 Å². The molecule has 1 N–H and O–H groups in total. The topological polar surface area (TPSA) is 54.4 Å². The minimum atomic E-state index is -3.65. The zero-order valence-electron chi connectivity index (χ0n) is 9.82. The van der Waals surface area contributed by atoms with Crippen molar-refractivity contribution < 1.29 is 13.5 Å². The van der Waals surface area contributed by atoms with E-state index in [1.807, 2.05) is 0 Å². The molecule has 18 heavy (non-hydrogen) atoms. The highest BCUT2D eigenvalue weighted by atomic mass is 35.5. The fourth-order valence-electron chi connectivity index (χ4n) is 1.45. The molecule has 0 bridgehead atoms.